The Balaban J connectivity index is 0. The fraction of sp³-hybridized carbons (Fsp3) is 1.00. The van der Waals surface area contributed by atoms with Crippen molar-refractivity contribution in [1.29, 1.82) is 0 Å². The van der Waals surface area contributed by atoms with Crippen LogP contribution in [0, 0.1) is 0 Å². The van der Waals surface area contributed by atoms with Crippen molar-refractivity contribution in [1.82, 2.24) is 2.66 Å². The maximum Gasteiger partial charge on any atom is -0.147 e. The molecule has 9 heavy (non-hydrogen) atoms. The third-order valence-corrected chi connectivity index (χ3v) is 9.11. The number of hydrogen-bond acceptors (Lipinski definition) is 1. The smallest absolute Gasteiger partial charge is 0.147 e. The second-order valence-electron chi connectivity index (χ2n) is 2.03. The molecule has 0 N–H and O–H groups in total. The van der Waals surface area contributed by atoms with Gasteiger partial charge in [0.2, 0.25) is 0 Å². The Morgan fingerprint density at radius 1 is 1.11 bits per heavy atom. The van der Waals surface area contributed by atoms with Crippen LogP contribution in [-0.4, -0.2) is 15.8 Å². The van der Waals surface area contributed by atoms with E-state index >= 15 is 0 Å². The van der Waals surface area contributed by atoms with Crippen molar-refractivity contribution >= 4 is 12.4 Å². The van der Waals surface area contributed by atoms with Gasteiger partial charge in [-0.1, -0.05) is 0 Å². The number of halogens is 1. The van der Waals surface area contributed by atoms with Crippen LogP contribution in [-0.2, 0) is 24.9 Å². The summed E-state index contributed by atoms with van der Waals surface area (Å²) in [5, 5.41) is 0. The molecule has 0 amide bonds. The van der Waals surface area contributed by atoms with E-state index in [0.717, 1.165) is 0 Å². The molecule has 0 fully saturated rings. The van der Waals surface area contributed by atoms with Crippen LogP contribution in [0.2, 0.25) is 3.93 Å². The third-order valence-electron chi connectivity index (χ3n) is 1.43. The predicted molar refractivity (Wildman–Crippen MR) is 40.7 cm³/mol. The van der Waals surface area contributed by atoms with Crippen LogP contribution in [0.5, 0.6) is 0 Å². The summed E-state index contributed by atoms with van der Waals surface area (Å²) in [5.41, 5.74) is 0. The zero-order valence-electron chi connectivity index (χ0n) is 6.68. The van der Waals surface area contributed by atoms with E-state index in [1.54, 1.807) is 0 Å². The minimum Gasteiger partial charge on any atom is -0.147 e. The topological polar surface area (TPSA) is 3.24 Å². The van der Waals surface area contributed by atoms with Gasteiger partial charge in [0.25, 0.3) is 0 Å². The first-order valence-electron chi connectivity index (χ1n) is 3.57. The van der Waals surface area contributed by atoms with Gasteiger partial charge in [0.1, 0.15) is 0 Å². The Hall–Kier alpha value is 1.19. The third kappa shape index (κ3) is 7.08. The minimum atomic E-state index is -0.484. The van der Waals surface area contributed by atoms with Crippen molar-refractivity contribution in [3.8, 4) is 0 Å². The van der Waals surface area contributed by atoms with Gasteiger partial charge in [-0.3, -0.25) is 0 Å². The Morgan fingerprint density at radius 2 is 1.56 bits per heavy atom. The van der Waals surface area contributed by atoms with Crippen molar-refractivity contribution in [3.63, 3.8) is 0 Å². The largest absolute Gasteiger partial charge is 0.147 e. The zero-order chi connectivity index (χ0) is 6.41. The normalized spacial score (nSPS) is 8.44. The summed E-state index contributed by atoms with van der Waals surface area (Å²) >= 11 is -0.484. The molecule has 0 aromatic heterocycles. The average Bonchev–Trinajstić information content (AvgIpc) is 1.83. The molecule has 0 aliphatic heterocycles. The SMILES string of the molecule is C[CH2][Hg][N](CC)CC.Cl. The summed E-state index contributed by atoms with van der Waals surface area (Å²) in [6, 6.07) is 0. The molecule has 1 nitrogen and oxygen atoms in total. The first-order valence-corrected chi connectivity index (χ1v) is 9.92. The van der Waals surface area contributed by atoms with Gasteiger partial charge in [-0.05, 0) is 0 Å². The summed E-state index contributed by atoms with van der Waals surface area (Å²) in [7, 11) is 0. The van der Waals surface area contributed by atoms with E-state index in [4.69, 9.17) is 0 Å². The van der Waals surface area contributed by atoms with Crippen molar-refractivity contribution < 1.29 is 24.9 Å². The van der Waals surface area contributed by atoms with E-state index in [2.05, 4.69) is 23.4 Å². The molecule has 0 radical (unpaired) electrons. The molecule has 0 aliphatic carbocycles. The molecule has 0 heterocycles. The van der Waals surface area contributed by atoms with Crippen molar-refractivity contribution in [2.24, 2.45) is 0 Å². The van der Waals surface area contributed by atoms with E-state index in [9.17, 15) is 0 Å². The number of hydrogen-bond donors (Lipinski definition) is 0. The summed E-state index contributed by atoms with van der Waals surface area (Å²) < 4.78 is 4.15. The van der Waals surface area contributed by atoms with Gasteiger partial charge in [0, 0.05) is 0 Å². The van der Waals surface area contributed by atoms with E-state index in [1.165, 1.54) is 17.0 Å². The molecule has 0 saturated heterocycles. The van der Waals surface area contributed by atoms with Crippen LogP contribution < -0.4 is 0 Å². The fourth-order valence-corrected chi connectivity index (χ4v) is 5.77. The molecule has 54 valence electrons. The molecular formula is C6H16ClHgN. The van der Waals surface area contributed by atoms with E-state index in [-0.39, 0.29) is 12.4 Å². The van der Waals surface area contributed by atoms with Gasteiger partial charge >= 0.3 is 65.3 Å². The first kappa shape index (κ1) is 12.8. The van der Waals surface area contributed by atoms with E-state index in [0.29, 0.717) is 0 Å². The van der Waals surface area contributed by atoms with Gasteiger partial charge in [-0.2, -0.15) is 0 Å². The Kier molecular flexibility index (Phi) is 13.1. The van der Waals surface area contributed by atoms with Crippen LogP contribution >= 0.6 is 12.4 Å². The van der Waals surface area contributed by atoms with Crippen LogP contribution in [0.4, 0.5) is 0 Å². The average molecular weight is 338 g/mol. The van der Waals surface area contributed by atoms with Crippen molar-refractivity contribution in [2.45, 2.75) is 24.7 Å². The Labute approximate surface area is 77.5 Å². The molecule has 0 aromatic carbocycles. The molecule has 0 unspecified atom stereocenters. The van der Waals surface area contributed by atoms with E-state index < -0.39 is 24.9 Å². The quantitative estimate of drug-likeness (QED) is 0.711. The molecule has 0 spiro atoms. The monoisotopic (exact) mass is 339 g/mol. The van der Waals surface area contributed by atoms with Gasteiger partial charge in [0.15, 0.2) is 0 Å². The second-order valence-corrected chi connectivity index (χ2v) is 11.1. The first-order chi connectivity index (χ1) is 3.85. The Morgan fingerprint density at radius 3 is 1.67 bits per heavy atom. The van der Waals surface area contributed by atoms with Crippen LogP contribution in [0.25, 0.3) is 0 Å². The standard InChI is InChI=1S/C4H10N.C2H5.ClH.Hg/c1-3-5-4-2;1-2;;/h3-4H2,1-2H3;1H2,2H3;1H;/q-1;;;+1. The molecule has 0 bridgehead atoms. The molecule has 0 atom stereocenters. The Bertz CT molecular complexity index is 48.3. The van der Waals surface area contributed by atoms with Gasteiger partial charge in [0.05, 0.1) is 0 Å². The molecule has 0 saturated carbocycles. The van der Waals surface area contributed by atoms with Crippen LogP contribution in [0.1, 0.15) is 20.8 Å². The van der Waals surface area contributed by atoms with E-state index in [1.807, 2.05) is 0 Å². The minimum absolute atomic E-state index is 0. The van der Waals surface area contributed by atoms with Gasteiger partial charge in [-0.25, -0.2) is 0 Å². The molecule has 3 heteroatoms. The van der Waals surface area contributed by atoms with Crippen LogP contribution in [0.3, 0.4) is 0 Å². The summed E-state index contributed by atoms with van der Waals surface area (Å²) in [6.45, 7) is 9.44. The molecule has 0 rings (SSSR count). The molecule has 0 aromatic rings. The summed E-state index contributed by atoms with van der Waals surface area (Å²) in [4.78, 5) is 0. The summed E-state index contributed by atoms with van der Waals surface area (Å²) in [6.07, 6.45) is 0. The van der Waals surface area contributed by atoms with Crippen molar-refractivity contribution in [3.05, 3.63) is 0 Å². The molecular weight excluding hydrogens is 322 g/mol. The molecule has 0 aliphatic rings. The van der Waals surface area contributed by atoms with Crippen molar-refractivity contribution in [2.75, 3.05) is 13.1 Å². The zero-order valence-corrected chi connectivity index (χ0v) is 13.0. The van der Waals surface area contributed by atoms with Crippen LogP contribution in [0.15, 0.2) is 0 Å². The number of nitrogens with zero attached hydrogens (tertiary/aromatic N) is 1. The van der Waals surface area contributed by atoms with Gasteiger partial charge in [-0.15, -0.1) is 12.4 Å². The second kappa shape index (κ2) is 9.19. The maximum absolute atomic E-state index is 2.65. The summed E-state index contributed by atoms with van der Waals surface area (Å²) in [5.74, 6) is 0. The fourth-order valence-electron chi connectivity index (χ4n) is 0.856. The predicted octanol–water partition coefficient (Wildman–Crippen LogP) is 2.19. The number of rotatable bonds is 4. The van der Waals surface area contributed by atoms with Gasteiger partial charge < -0.3 is 0 Å². The maximum atomic E-state index is 2.65.